The lowest BCUT2D eigenvalue weighted by atomic mass is 10.1. The average molecular weight is 210 g/mol. The molecular formula is C10H14N2OS. The van der Waals surface area contributed by atoms with Gasteiger partial charge in [-0.25, -0.2) is 0 Å². The second-order valence-corrected chi connectivity index (χ2v) is 3.70. The Morgan fingerprint density at radius 2 is 2.36 bits per heavy atom. The van der Waals surface area contributed by atoms with Gasteiger partial charge in [0.05, 0.1) is 16.7 Å². The molecule has 1 aromatic rings. The van der Waals surface area contributed by atoms with Gasteiger partial charge in [-0.2, -0.15) is 0 Å². The second kappa shape index (κ2) is 5.74. The van der Waals surface area contributed by atoms with E-state index in [1.807, 2.05) is 6.92 Å². The molecule has 0 saturated heterocycles. The van der Waals surface area contributed by atoms with E-state index < -0.39 is 6.10 Å². The maximum absolute atomic E-state index is 9.81. The van der Waals surface area contributed by atoms with E-state index in [1.165, 1.54) is 11.5 Å². The van der Waals surface area contributed by atoms with Crippen LogP contribution in [-0.4, -0.2) is 14.7 Å². The van der Waals surface area contributed by atoms with Crippen molar-refractivity contribution in [2.75, 3.05) is 0 Å². The number of aryl methyl sites for hydroxylation is 1. The van der Waals surface area contributed by atoms with E-state index in [4.69, 9.17) is 0 Å². The van der Waals surface area contributed by atoms with Gasteiger partial charge in [0.25, 0.3) is 0 Å². The summed E-state index contributed by atoms with van der Waals surface area (Å²) in [5.41, 5.74) is 0.909. The molecular weight excluding hydrogens is 196 g/mol. The van der Waals surface area contributed by atoms with Gasteiger partial charge in [-0.1, -0.05) is 11.4 Å². The molecule has 1 N–H and O–H groups in total. The summed E-state index contributed by atoms with van der Waals surface area (Å²) < 4.78 is 3.84. The molecule has 1 atom stereocenters. The number of hydrogen-bond donors (Lipinski definition) is 1. The molecule has 14 heavy (non-hydrogen) atoms. The van der Waals surface area contributed by atoms with Crippen LogP contribution in [0.25, 0.3) is 0 Å². The zero-order chi connectivity index (χ0) is 10.4. The lowest BCUT2D eigenvalue weighted by molar-refractivity contribution is 0.172. The zero-order valence-electron chi connectivity index (χ0n) is 8.45. The van der Waals surface area contributed by atoms with Gasteiger partial charge >= 0.3 is 0 Å². The largest absolute Gasteiger partial charge is 0.387 e. The lowest BCUT2D eigenvalue weighted by Gasteiger charge is -2.05. The Hall–Kier alpha value is -0.920. The van der Waals surface area contributed by atoms with Crippen molar-refractivity contribution in [2.45, 2.75) is 39.2 Å². The fourth-order valence-corrected chi connectivity index (χ4v) is 1.94. The third-order valence-electron chi connectivity index (χ3n) is 1.94. The molecule has 0 bridgehead atoms. The average Bonchev–Trinajstić information content (AvgIpc) is 2.65. The molecule has 3 nitrogen and oxygen atoms in total. The van der Waals surface area contributed by atoms with Crippen LogP contribution in [0.4, 0.5) is 0 Å². The van der Waals surface area contributed by atoms with Crippen LogP contribution in [0.1, 0.15) is 43.4 Å². The molecule has 0 saturated carbocycles. The minimum absolute atomic E-state index is 0.453. The SMILES string of the molecule is CC#CCCC(O)c1snnc1CC. The first kappa shape index (κ1) is 11.2. The van der Waals surface area contributed by atoms with Crippen LogP contribution in [0.5, 0.6) is 0 Å². The van der Waals surface area contributed by atoms with Gasteiger partial charge < -0.3 is 5.11 Å². The van der Waals surface area contributed by atoms with Gasteiger partial charge in [0.15, 0.2) is 0 Å². The molecule has 0 amide bonds. The Morgan fingerprint density at radius 1 is 1.57 bits per heavy atom. The summed E-state index contributed by atoms with van der Waals surface area (Å²) in [5, 5.41) is 13.8. The Labute approximate surface area is 88.3 Å². The fourth-order valence-electron chi connectivity index (χ4n) is 1.18. The Kier molecular flexibility index (Phi) is 4.57. The maximum atomic E-state index is 9.81. The van der Waals surface area contributed by atoms with Crippen molar-refractivity contribution in [2.24, 2.45) is 0 Å². The van der Waals surface area contributed by atoms with Crippen LogP contribution in [-0.2, 0) is 6.42 Å². The summed E-state index contributed by atoms with van der Waals surface area (Å²) in [4.78, 5) is 0.894. The van der Waals surface area contributed by atoms with Gasteiger partial charge in [0, 0.05) is 6.42 Å². The highest BCUT2D eigenvalue weighted by Crippen LogP contribution is 2.24. The predicted octanol–water partition coefficient (Wildman–Crippen LogP) is 1.94. The van der Waals surface area contributed by atoms with Crippen molar-refractivity contribution in [1.29, 1.82) is 0 Å². The Balaban J connectivity index is 2.58. The molecule has 0 radical (unpaired) electrons. The first-order valence-electron chi connectivity index (χ1n) is 4.68. The Morgan fingerprint density at radius 3 is 3.00 bits per heavy atom. The van der Waals surface area contributed by atoms with Crippen molar-refractivity contribution in [3.8, 4) is 11.8 Å². The minimum Gasteiger partial charge on any atom is -0.387 e. The van der Waals surface area contributed by atoms with Gasteiger partial charge in [0.1, 0.15) is 0 Å². The summed E-state index contributed by atoms with van der Waals surface area (Å²) in [6.45, 7) is 3.82. The first-order chi connectivity index (χ1) is 6.79. The van der Waals surface area contributed by atoms with E-state index in [-0.39, 0.29) is 0 Å². The fraction of sp³-hybridized carbons (Fsp3) is 0.600. The third kappa shape index (κ3) is 2.79. The molecule has 1 unspecified atom stereocenters. The molecule has 0 aliphatic rings. The second-order valence-electron chi connectivity index (χ2n) is 2.92. The quantitative estimate of drug-likeness (QED) is 0.772. The number of rotatable bonds is 4. The molecule has 0 aromatic carbocycles. The summed E-state index contributed by atoms with van der Waals surface area (Å²) in [7, 11) is 0. The molecule has 76 valence electrons. The van der Waals surface area contributed by atoms with E-state index >= 15 is 0 Å². The molecule has 1 heterocycles. The standard InChI is InChI=1S/C10H14N2OS/c1-3-5-6-7-9(13)10-8(4-2)11-12-14-10/h9,13H,4,6-7H2,1-2H3. The van der Waals surface area contributed by atoms with E-state index in [2.05, 4.69) is 21.4 Å². The van der Waals surface area contributed by atoms with Gasteiger partial charge in [-0.3, -0.25) is 0 Å². The highest BCUT2D eigenvalue weighted by atomic mass is 32.1. The number of aromatic nitrogens is 2. The van der Waals surface area contributed by atoms with Gasteiger partial charge in [-0.15, -0.1) is 16.9 Å². The third-order valence-corrected chi connectivity index (χ3v) is 2.81. The molecule has 4 heteroatoms. The van der Waals surface area contributed by atoms with Crippen molar-refractivity contribution >= 4 is 11.5 Å². The smallest absolute Gasteiger partial charge is 0.0926 e. The van der Waals surface area contributed by atoms with E-state index in [0.717, 1.165) is 23.4 Å². The number of nitrogens with zero attached hydrogens (tertiary/aromatic N) is 2. The van der Waals surface area contributed by atoms with Gasteiger partial charge in [-0.05, 0) is 31.3 Å². The van der Waals surface area contributed by atoms with Crippen LogP contribution >= 0.6 is 11.5 Å². The van der Waals surface area contributed by atoms with Gasteiger partial charge in [0.2, 0.25) is 0 Å². The van der Waals surface area contributed by atoms with E-state index in [0.29, 0.717) is 6.42 Å². The van der Waals surface area contributed by atoms with Crippen LogP contribution in [0.3, 0.4) is 0 Å². The van der Waals surface area contributed by atoms with Crippen LogP contribution < -0.4 is 0 Å². The predicted molar refractivity (Wildman–Crippen MR) is 56.9 cm³/mol. The molecule has 1 aromatic heterocycles. The van der Waals surface area contributed by atoms with Crippen molar-refractivity contribution < 1.29 is 5.11 Å². The molecule has 0 spiro atoms. The van der Waals surface area contributed by atoms with Crippen molar-refractivity contribution in [1.82, 2.24) is 9.59 Å². The van der Waals surface area contributed by atoms with Crippen molar-refractivity contribution in [3.05, 3.63) is 10.6 Å². The lowest BCUT2D eigenvalue weighted by Crippen LogP contribution is -1.98. The highest BCUT2D eigenvalue weighted by Gasteiger charge is 2.14. The topological polar surface area (TPSA) is 46.0 Å². The number of aliphatic hydroxyl groups excluding tert-OH is 1. The summed E-state index contributed by atoms with van der Waals surface area (Å²) in [6, 6.07) is 0. The molecule has 0 aliphatic carbocycles. The van der Waals surface area contributed by atoms with E-state index in [9.17, 15) is 5.11 Å². The normalized spacial score (nSPS) is 11.9. The minimum atomic E-state index is -0.453. The number of hydrogen-bond acceptors (Lipinski definition) is 4. The summed E-state index contributed by atoms with van der Waals surface area (Å²) in [5.74, 6) is 5.74. The summed E-state index contributed by atoms with van der Waals surface area (Å²) in [6.07, 6.45) is 1.75. The Bertz CT molecular complexity index is 337. The van der Waals surface area contributed by atoms with Crippen LogP contribution in [0, 0.1) is 11.8 Å². The first-order valence-corrected chi connectivity index (χ1v) is 5.45. The van der Waals surface area contributed by atoms with E-state index in [1.54, 1.807) is 6.92 Å². The molecule has 0 aliphatic heterocycles. The van der Waals surface area contributed by atoms with Crippen molar-refractivity contribution in [3.63, 3.8) is 0 Å². The molecule has 1 rings (SSSR count). The van der Waals surface area contributed by atoms with Crippen LogP contribution in [0.2, 0.25) is 0 Å². The molecule has 0 fully saturated rings. The maximum Gasteiger partial charge on any atom is 0.0926 e. The number of aliphatic hydroxyl groups is 1. The monoisotopic (exact) mass is 210 g/mol. The zero-order valence-corrected chi connectivity index (χ0v) is 9.27. The summed E-state index contributed by atoms with van der Waals surface area (Å²) >= 11 is 1.28. The van der Waals surface area contributed by atoms with Crippen LogP contribution in [0.15, 0.2) is 0 Å². The highest BCUT2D eigenvalue weighted by molar-refractivity contribution is 7.05.